The van der Waals surface area contributed by atoms with Crippen LogP contribution in [0.2, 0.25) is 0 Å². The third-order valence-corrected chi connectivity index (χ3v) is 5.20. The first-order valence-electron chi connectivity index (χ1n) is 9.94. The second-order valence-electron chi connectivity index (χ2n) is 7.53. The van der Waals surface area contributed by atoms with Crippen molar-refractivity contribution in [3.63, 3.8) is 0 Å². The number of ketones is 2. The summed E-state index contributed by atoms with van der Waals surface area (Å²) in [7, 11) is 0. The van der Waals surface area contributed by atoms with E-state index < -0.39 is 11.8 Å². The zero-order valence-electron chi connectivity index (χ0n) is 16.9. The highest BCUT2D eigenvalue weighted by Gasteiger charge is 2.44. The van der Waals surface area contributed by atoms with Crippen molar-refractivity contribution in [2.45, 2.75) is 19.8 Å². The molecule has 0 radical (unpaired) electrons. The van der Waals surface area contributed by atoms with Crippen LogP contribution in [-0.4, -0.2) is 23.0 Å². The molecule has 3 aromatic carbocycles. The van der Waals surface area contributed by atoms with Gasteiger partial charge in [0.1, 0.15) is 5.92 Å². The number of rotatable bonds is 5. The molecule has 0 saturated heterocycles. The van der Waals surface area contributed by atoms with Crippen LogP contribution in [0.25, 0.3) is 0 Å². The van der Waals surface area contributed by atoms with Gasteiger partial charge in [-0.15, -0.1) is 0 Å². The minimum atomic E-state index is -0.976. The van der Waals surface area contributed by atoms with Crippen molar-refractivity contribution in [1.29, 1.82) is 0 Å². The van der Waals surface area contributed by atoms with Gasteiger partial charge in [-0.1, -0.05) is 84.9 Å². The average Bonchev–Trinajstić information content (AvgIpc) is 3.06. The van der Waals surface area contributed by atoms with Gasteiger partial charge in [-0.05, 0) is 25.0 Å². The molecule has 0 aromatic heterocycles. The maximum absolute atomic E-state index is 13.9. The Kier molecular flexibility index (Phi) is 5.48. The van der Waals surface area contributed by atoms with E-state index in [1.807, 2.05) is 86.6 Å². The Labute approximate surface area is 176 Å². The minimum Gasteiger partial charge on any atom is -0.297 e. The number of hydrogen-bond donors (Lipinski definition) is 0. The highest BCUT2D eigenvalue weighted by atomic mass is 16.2. The van der Waals surface area contributed by atoms with Crippen molar-refractivity contribution in [3.05, 3.63) is 107 Å². The quantitative estimate of drug-likeness (QED) is 0.344. The van der Waals surface area contributed by atoms with Crippen LogP contribution < -0.4 is 0 Å². The van der Waals surface area contributed by atoms with E-state index in [1.165, 1.54) is 0 Å². The van der Waals surface area contributed by atoms with E-state index >= 15 is 0 Å². The van der Waals surface area contributed by atoms with E-state index in [0.29, 0.717) is 16.8 Å². The molecule has 0 spiro atoms. The molecule has 0 bridgehead atoms. The molecule has 0 fully saturated rings. The van der Waals surface area contributed by atoms with E-state index in [1.54, 1.807) is 12.1 Å². The summed E-state index contributed by atoms with van der Waals surface area (Å²) in [4.78, 5) is 27.2. The van der Waals surface area contributed by atoms with Crippen molar-refractivity contribution in [2.24, 2.45) is 16.1 Å². The number of Topliss-reactive ketones (excluding diaryl/α,β-unsaturated/α-hetero) is 2. The van der Waals surface area contributed by atoms with E-state index in [9.17, 15) is 9.59 Å². The van der Waals surface area contributed by atoms with Crippen molar-refractivity contribution in [1.82, 2.24) is 0 Å². The molecule has 30 heavy (non-hydrogen) atoms. The number of fused-ring (bicyclic) bond motifs is 1. The summed E-state index contributed by atoms with van der Waals surface area (Å²) in [5.41, 5.74) is 4.11. The van der Waals surface area contributed by atoms with Gasteiger partial charge >= 0.3 is 0 Å². The molecule has 0 saturated carbocycles. The molecule has 148 valence electrons. The van der Waals surface area contributed by atoms with Gasteiger partial charge in [0, 0.05) is 16.8 Å². The highest BCUT2D eigenvalue weighted by molar-refractivity contribution is 6.38. The third-order valence-electron chi connectivity index (χ3n) is 5.20. The van der Waals surface area contributed by atoms with Gasteiger partial charge < -0.3 is 0 Å². The lowest BCUT2D eigenvalue weighted by Gasteiger charge is -2.20. The summed E-state index contributed by atoms with van der Waals surface area (Å²) in [5, 5.41) is 8.53. The second kappa shape index (κ2) is 8.37. The third kappa shape index (κ3) is 3.64. The first-order chi connectivity index (χ1) is 14.6. The van der Waals surface area contributed by atoms with Gasteiger partial charge in [-0.25, -0.2) is 0 Å². The number of benzene rings is 3. The molecule has 4 heteroatoms. The Balaban J connectivity index is 1.86. The lowest BCUT2D eigenvalue weighted by atomic mass is 9.80. The number of hydrogen-bond acceptors (Lipinski definition) is 4. The maximum atomic E-state index is 13.9. The average molecular weight is 394 g/mol. The molecular formula is C26H22N2O2. The van der Waals surface area contributed by atoms with Crippen molar-refractivity contribution in [3.8, 4) is 0 Å². The smallest absolute Gasteiger partial charge is 0.180 e. The van der Waals surface area contributed by atoms with Crippen LogP contribution in [0, 0.1) is 5.92 Å². The van der Waals surface area contributed by atoms with Crippen LogP contribution in [0.15, 0.2) is 95.1 Å². The van der Waals surface area contributed by atoms with Crippen LogP contribution in [0.4, 0.5) is 0 Å². The molecule has 1 atom stereocenters. The summed E-state index contributed by atoms with van der Waals surface area (Å²) < 4.78 is 0. The van der Waals surface area contributed by atoms with Crippen LogP contribution in [0.3, 0.4) is 0 Å². The summed E-state index contributed by atoms with van der Waals surface area (Å²) in [6.07, 6.45) is 0. The first kappa shape index (κ1) is 19.6. The molecule has 0 heterocycles. The predicted molar refractivity (Wildman–Crippen MR) is 119 cm³/mol. The van der Waals surface area contributed by atoms with Crippen molar-refractivity contribution in [2.75, 3.05) is 0 Å². The lowest BCUT2D eigenvalue weighted by Crippen LogP contribution is -2.31. The van der Waals surface area contributed by atoms with Crippen molar-refractivity contribution >= 4 is 23.0 Å². The molecule has 0 N–H and O–H groups in total. The largest absolute Gasteiger partial charge is 0.297 e. The zero-order chi connectivity index (χ0) is 21.1. The second-order valence-corrected chi connectivity index (χ2v) is 7.53. The van der Waals surface area contributed by atoms with Gasteiger partial charge in [-0.3, -0.25) is 9.59 Å². The molecule has 4 nitrogen and oxygen atoms in total. The zero-order valence-corrected chi connectivity index (χ0v) is 16.9. The summed E-state index contributed by atoms with van der Waals surface area (Å²) in [6.45, 7) is 3.67. The molecule has 0 amide bonds. The van der Waals surface area contributed by atoms with Gasteiger partial charge in [0.15, 0.2) is 11.6 Å². The Morgan fingerprint density at radius 3 is 1.80 bits per heavy atom. The molecule has 0 aliphatic heterocycles. The molecule has 4 rings (SSSR count). The number of carbonyl (C=O) groups is 2. The first-order valence-corrected chi connectivity index (χ1v) is 9.94. The molecule has 0 unspecified atom stereocenters. The molecule has 1 aliphatic rings. The van der Waals surface area contributed by atoms with Gasteiger partial charge in [0.05, 0.1) is 11.6 Å². The van der Waals surface area contributed by atoms with E-state index in [0.717, 1.165) is 16.8 Å². The molecule has 1 aliphatic carbocycles. The highest BCUT2D eigenvalue weighted by Crippen LogP contribution is 2.35. The minimum absolute atomic E-state index is 0.184. The maximum Gasteiger partial charge on any atom is 0.180 e. The van der Waals surface area contributed by atoms with E-state index in [2.05, 4.69) is 10.2 Å². The fraction of sp³-hybridized carbons (Fsp3) is 0.154. The van der Waals surface area contributed by atoms with Gasteiger partial charge in [0.25, 0.3) is 0 Å². The van der Waals surface area contributed by atoms with Crippen LogP contribution >= 0.6 is 0 Å². The SMILES string of the molecule is CC(C)=N/N=C1\c2ccccc2C(=O)[C@H]1C(=O)C(c1ccccc1)c1ccccc1. The fourth-order valence-electron chi connectivity index (χ4n) is 3.86. The standard InChI is InChI=1S/C26H22N2O2/c1-17(2)27-28-24-20-15-9-10-16-21(20)25(29)23(24)26(30)22(18-11-5-3-6-12-18)19-13-7-4-8-14-19/h3-16,22-23H,1-2H3/b28-24+/t23-/m0/s1. The van der Waals surface area contributed by atoms with E-state index in [4.69, 9.17) is 0 Å². The Bertz CT molecular complexity index is 1100. The predicted octanol–water partition coefficient (Wildman–Crippen LogP) is 5.09. The van der Waals surface area contributed by atoms with Crippen LogP contribution in [-0.2, 0) is 4.79 Å². The Morgan fingerprint density at radius 2 is 1.27 bits per heavy atom. The van der Waals surface area contributed by atoms with Gasteiger partial charge in [0.2, 0.25) is 0 Å². The monoisotopic (exact) mass is 394 g/mol. The Hall–Kier alpha value is -3.66. The fourth-order valence-corrected chi connectivity index (χ4v) is 3.86. The normalized spacial score (nSPS) is 16.6. The molecular weight excluding hydrogens is 372 g/mol. The summed E-state index contributed by atoms with van der Waals surface area (Å²) in [6, 6.07) is 26.4. The van der Waals surface area contributed by atoms with Crippen LogP contribution in [0.1, 0.15) is 46.8 Å². The number of nitrogens with zero attached hydrogens (tertiary/aromatic N) is 2. The van der Waals surface area contributed by atoms with Crippen molar-refractivity contribution < 1.29 is 9.59 Å². The number of carbonyl (C=O) groups excluding carboxylic acids is 2. The topological polar surface area (TPSA) is 58.9 Å². The van der Waals surface area contributed by atoms with Gasteiger partial charge in [-0.2, -0.15) is 10.2 Å². The van der Waals surface area contributed by atoms with E-state index in [-0.39, 0.29) is 11.6 Å². The van der Waals surface area contributed by atoms with Crippen LogP contribution in [0.5, 0.6) is 0 Å². The lowest BCUT2D eigenvalue weighted by molar-refractivity contribution is -0.120. The Morgan fingerprint density at radius 1 is 0.767 bits per heavy atom. The summed E-state index contributed by atoms with van der Waals surface area (Å²) in [5.74, 6) is -1.94. The summed E-state index contributed by atoms with van der Waals surface area (Å²) >= 11 is 0. The molecule has 3 aromatic rings.